The molecule has 1 heterocycles. The molecule has 100 valence electrons. The number of hydrogen-bond acceptors (Lipinski definition) is 7. The van der Waals surface area contributed by atoms with Gasteiger partial charge in [-0.1, -0.05) is 17.8 Å². The van der Waals surface area contributed by atoms with Gasteiger partial charge in [0.25, 0.3) is 0 Å². The Bertz CT molecular complexity index is 592. The molecule has 1 aromatic heterocycles. The van der Waals surface area contributed by atoms with Crippen molar-refractivity contribution in [2.24, 2.45) is 0 Å². The minimum Gasteiger partial charge on any atom is -0.493 e. The van der Waals surface area contributed by atoms with Crippen LogP contribution < -0.4 is 15.2 Å². The molecule has 0 saturated heterocycles. The average molecular weight is 278 g/mol. The van der Waals surface area contributed by atoms with E-state index in [1.807, 2.05) is 24.5 Å². The number of nitrogen functional groups attached to an aromatic ring is 1. The summed E-state index contributed by atoms with van der Waals surface area (Å²) in [5, 5.41) is 0.562. The van der Waals surface area contributed by atoms with Gasteiger partial charge in [-0.05, 0) is 18.4 Å². The second-order valence-electron chi connectivity index (χ2n) is 3.54. The lowest BCUT2D eigenvalue weighted by Gasteiger charge is -2.11. The number of nitrogens with zero attached hydrogens (tertiary/aromatic N) is 3. The zero-order valence-electron chi connectivity index (χ0n) is 10.9. The molecule has 0 fully saturated rings. The molecule has 0 aliphatic rings. The fourth-order valence-corrected chi connectivity index (χ4v) is 2.01. The lowest BCUT2D eigenvalue weighted by atomic mass is 10.1. The average Bonchev–Trinajstić information content (AvgIpc) is 2.45. The molecule has 0 unspecified atom stereocenters. The maximum Gasteiger partial charge on any atom is 0.224 e. The van der Waals surface area contributed by atoms with E-state index in [1.54, 1.807) is 14.2 Å². The van der Waals surface area contributed by atoms with Crippen molar-refractivity contribution in [2.45, 2.75) is 5.16 Å². The third-order valence-corrected chi connectivity index (χ3v) is 3.01. The number of thioether (sulfide) groups is 1. The Kier molecular flexibility index (Phi) is 4.06. The normalized spacial score (nSPS) is 10.3. The topological polar surface area (TPSA) is 83.2 Å². The van der Waals surface area contributed by atoms with Crippen LogP contribution in [0.3, 0.4) is 0 Å². The van der Waals surface area contributed by atoms with Crippen LogP contribution in [-0.2, 0) is 0 Å². The second kappa shape index (κ2) is 5.75. The van der Waals surface area contributed by atoms with E-state index >= 15 is 0 Å². The molecule has 7 heteroatoms. The predicted octanol–water partition coefficient (Wildman–Crippen LogP) is 1.86. The molecular weight excluding hydrogens is 264 g/mol. The summed E-state index contributed by atoms with van der Waals surface area (Å²) in [6.07, 6.45) is 1.88. The Morgan fingerprint density at radius 2 is 1.89 bits per heavy atom. The van der Waals surface area contributed by atoms with Crippen molar-refractivity contribution in [1.82, 2.24) is 15.0 Å². The van der Waals surface area contributed by atoms with Gasteiger partial charge in [0.1, 0.15) is 0 Å². The Morgan fingerprint density at radius 3 is 2.53 bits per heavy atom. The van der Waals surface area contributed by atoms with E-state index in [1.165, 1.54) is 11.8 Å². The number of benzene rings is 1. The highest BCUT2D eigenvalue weighted by atomic mass is 32.2. The molecule has 0 radical (unpaired) electrons. The SMILES string of the molecule is COc1cccc(-c2nc(N)nc(SC)n2)c1OC. The summed E-state index contributed by atoms with van der Waals surface area (Å²) in [5.41, 5.74) is 6.40. The molecule has 0 spiro atoms. The highest BCUT2D eigenvalue weighted by molar-refractivity contribution is 7.98. The summed E-state index contributed by atoms with van der Waals surface area (Å²) in [7, 11) is 3.15. The minimum atomic E-state index is 0.180. The van der Waals surface area contributed by atoms with Gasteiger partial charge in [-0.2, -0.15) is 9.97 Å². The first-order valence-electron chi connectivity index (χ1n) is 5.46. The Balaban J connectivity index is 2.61. The zero-order chi connectivity index (χ0) is 13.8. The molecule has 0 aliphatic carbocycles. The number of hydrogen-bond donors (Lipinski definition) is 1. The molecule has 2 N–H and O–H groups in total. The van der Waals surface area contributed by atoms with Crippen LogP contribution in [0.15, 0.2) is 23.4 Å². The van der Waals surface area contributed by atoms with Crippen LogP contribution in [-0.4, -0.2) is 35.4 Å². The number of ether oxygens (including phenoxy) is 2. The van der Waals surface area contributed by atoms with E-state index in [4.69, 9.17) is 15.2 Å². The minimum absolute atomic E-state index is 0.180. The number of nitrogens with two attached hydrogens (primary N) is 1. The molecule has 0 atom stereocenters. The Hall–Kier alpha value is -2.02. The number of methoxy groups -OCH3 is 2. The third kappa shape index (κ3) is 2.70. The molecule has 6 nitrogen and oxygen atoms in total. The van der Waals surface area contributed by atoms with Crippen LogP contribution in [0.1, 0.15) is 0 Å². The first-order valence-corrected chi connectivity index (χ1v) is 6.69. The molecule has 0 amide bonds. The number of anilines is 1. The van der Waals surface area contributed by atoms with Crippen molar-refractivity contribution in [2.75, 3.05) is 26.2 Å². The van der Waals surface area contributed by atoms with E-state index < -0.39 is 0 Å². The summed E-state index contributed by atoms with van der Waals surface area (Å²) in [5.74, 6) is 1.83. The third-order valence-electron chi connectivity index (χ3n) is 2.46. The highest BCUT2D eigenvalue weighted by Crippen LogP contribution is 2.36. The molecular formula is C12H14N4O2S. The van der Waals surface area contributed by atoms with Gasteiger partial charge in [0, 0.05) is 0 Å². The zero-order valence-corrected chi connectivity index (χ0v) is 11.7. The lowest BCUT2D eigenvalue weighted by molar-refractivity contribution is 0.356. The Morgan fingerprint density at radius 1 is 1.11 bits per heavy atom. The van der Waals surface area contributed by atoms with Crippen molar-refractivity contribution >= 4 is 17.7 Å². The van der Waals surface area contributed by atoms with E-state index in [0.717, 1.165) is 0 Å². The van der Waals surface area contributed by atoms with E-state index in [9.17, 15) is 0 Å². The molecule has 0 aliphatic heterocycles. The standard InChI is InChI=1S/C12H14N4O2S/c1-17-8-6-4-5-7(9(8)18-2)10-14-11(13)16-12(15-10)19-3/h4-6H,1-3H3,(H2,13,14,15,16). The van der Waals surface area contributed by atoms with Gasteiger partial charge in [-0.25, -0.2) is 4.98 Å². The highest BCUT2D eigenvalue weighted by Gasteiger charge is 2.15. The number of rotatable bonds is 4. The summed E-state index contributed by atoms with van der Waals surface area (Å²) in [6.45, 7) is 0. The van der Waals surface area contributed by atoms with Gasteiger partial charge in [0.05, 0.1) is 19.8 Å². The first-order chi connectivity index (χ1) is 9.19. The summed E-state index contributed by atoms with van der Waals surface area (Å²) in [4.78, 5) is 12.5. The van der Waals surface area contributed by atoms with Crippen LogP contribution in [0.2, 0.25) is 0 Å². The number of para-hydroxylation sites is 1. The van der Waals surface area contributed by atoms with Crippen molar-refractivity contribution in [3.63, 3.8) is 0 Å². The fraction of sp³-hybridized carbons (Fsp3) is 0.250. The van der Waals surface area contributed by atoms with Crippen LogP contribution in [0.4, 0.5) is 5.95 Å². The molecule has 0 bridgehead atoms. The summed E-state index contributed by atoms with van der Waals surface area (Å²) < 4.78 is 10.6. The monoisotopic (exact) mass is 278 g/mol. The van der Waals surface area contributed by atoms with Crippen LogP contribution in [0, 0.1) is 0 Å². The van der Waals surface area contributed by atoms with Gasteiger partial charge in [0.15, 0.2) is 22.5 Å². The van der Waals surface area contributed by atoms with Gasteiger partial charge in [0.2, 0.25) is 5.95 Å². The molecule has 0 saturated carbocycles. The van der Waals surface area contributed by atoms with Crippen molar-refractivity contribution in [3.8, 4) is 22.9 Å². The first kappa shape index (κ1) is 13.4. The van der Waals surface area contributed by atoms with Gasteiger partial charge >= 0.3 is 0 Å². The van der Waals surface area contributed by atoms with Gasteiger partial charge in [-0.15, -0.1) is 0 Å². The van der Waals surface area contributed by atoms with Crippen molar-refractivity contribution < 1.29 is 9.47 Å². The predicted molar refractivity (Wildman–Crippen MR) is 74.6 cm³/mol. The maximum atomic E-state index is 5.69. The summed E-state index contributed by atoms with van der Waals surface area (Å²) in [6, 6.07) is 5.50. The second-order valence-corrected chi connectivity index (χ2v) is 4.32. The maximum absolute atomic E-state index is 5.69. The Labute approximate surface area is 115 Å². The van der Waals surface area contributed by atoms with Gasteiger partial charge in [-0.3, -0.25) is 0 Å². The molecule has 2 aromatic rings. The lowest BCUT2D eigenvalue weighted by Crippen LogP contribution is -2.02. The quantitative estimate of drug-likeness (QED) is 0.854. The fourth-order valence-electron chi connectivity index (χ4n) is 1.65. The smallest absolute Gasteiger partial charge is 0.224 e. The van der Waals surface area contributed by atoms with Crippen LogP contribution >= 0.6 is 11.8 Å². The molecule has 19 heavy (non-hydrogen) atoms. The van der Waals surface area contributed by atoms with E-state index in [2.05, 4.69) is 15.0 Å². The van der Waals surface area contributed by atoms with Gasteiger partial charge < -0.3 is 15.2 Å². The van der Waals surface area contributed by atoms with Crippen molar-refractivity contribution in [3.05, 3.63) is 18.2 Å². The van der Waals surface area contributed by atoms with Crippen LogP contribution in [0.25, 0.3) is 11.4 Å². The summed E-state index contributed by atoms with van der Waals surface area (Å²) >= 11 is 1.40. The largest absolute Gasteiger partial charge is 0.493 e. The van der Waals surface area contributed by atoms with E-state index in [0.29, 0.717) is 28.0 Å². The number of aromatic nitrogens is 3. The van der Waals surface area contributed by atoms with Crippen LogP contribution in [0.5, 0.6) is 11.5 Å². The molecule has 1 aromatic carbocycles. The van der Waals surface area contributed by atoms with E-state index in [-0.39, 0.29) is 5.95 Å². The van der Waals surface area contributed by atoms with Crippen molar-refractivity contribution in [1.29, 1.82) is 0 Å². The molecule has 2 rings (SSSR count).